The van der Waals surface area contributed by atoms with E-state index in [1.807, 2.05) is 52.0 Å². The Bertz CT molecular complexity index is 518. The van der Waals surface area contributed by atoms with Crippen molar-refractivity contribution in [3.8, 4) is 11.8 Å². The average molecular weight is 273 g/mol. The van der Waals surface area contributed by atoms with E-state index >= 15 is 0 Å². The minimum atomic E-state index is -0.396. The van der Waals surface area contributed by atoms with Gasteiger partial charge in [-0.3, -0.25) is 4.79 Å². The largest absolute Gasteiger partial charge is 0.395 e. The van der Waals surface area contributed by atoms with Gasteiger partial charge < -0.3 is 10.4 Å². The van der Waals surface area contributed by atoms with Crippen molar-refractivity contribution in [3.05, 3.63) is 35.4 Å². The van der Waals surface area contributed by atoms with Gasteiger partial charge in [0.1, 0.15) is 0 Å². The van der Waals surface area contributed by atoms with E-state index in [0.717, 1.165) is 11.1 Å². The smallest absolute Gasteiger partial charge is 0.225 e. The summed E-state index contributed by atoms with van der Waals surface area (Å²) in [6.45, 7) is 7.72. The molecular formula is C17H23NO2. The van der Waals surface area contributed by atoms with Crippen LogP contribution in [0, 0.1) is 17.3 Å². The normalized spacial score (nSPS) is 12.2. The standard InChI is InChI=1S/C17H23NO2/c1-13(18-16(20)17(2,3)4)15-10-7-9-14(12-15)8-5-6-11-19/h7,9-10,12-13,19H,6,11H2,1-4H3,(H,18,20). The first kappa shape index (κ1) is 16.3. The summed E-state index contributed by atoms with van der Waals surface area (Å²) in [5, 5.41) is 11.7. The van der Waals surface area contributed by atoms with Crippen LogP contribution in [-0.4, -0.2) is 17.6 Å². The Labute approximate surface area is 121 Å². The van der Waals surface area contributed by atoms with Gasteiger partial charge in [0.2, 0.25) is 5.91 Å². The summed E-state index contributed by atoms with van der Waals surface area (Å²) >= 11 is 0. The molecule has 0 radical (unpaired) electrons. The van der Waals surface area contributed by atoms with Crippen LogP contribution in [0.25, 0.3) is 0 Å². The van der Waals surface area contributed by atoms with Gasteiger partial charge in [0.25, 0.3) is 0 Å². The molecule has 0 aliphatic carbocycles. The maximum absolute atomic E-state index is 12.0. The molecule has 1 unspecified atom stereocenters. The summed E-state index contributed by atoms with van der Waals surface area (Å²) in [7, 11) is 0. The Morgan fingerprint density at radius 2 is 2.10 bits per heavy atom. The van der Waals surface area contributed by atoms with Crippen LogP contribution < -0.4 is 5.32 Å². The maximum atomic E-state index is 12.0. The van der Waals surface area contributed by atoms with Gasteiger partial charge >= 0.3 is 0 Å². The van der Waals surface area contributed by atoms with Crippen LogP contribution in [-0.2, 0) is 4.79 Å². The number of rotatable bonds is 3. The summed E-state index contributed by atoms with van der Waals surface area (Å²) < 4.78 is 0. The van der Waals surface area contributed by atoms with Gasteiger partial charge in [-0.1, -0.05) is 44.7 Å². The fraction of sp³-hybridized carbons (Fsp3) is 0.471. The minimum Gasteiger partial charge on any atom is -0.395 e. The molecule has 1 rings (SSSR count). The minimum absolute atomic E-state index is 0.0294. The van der Waals surface area contributed by atoms with Gasteiger partial charge in [-0.05, 0) is 24.6 Å². The molecule has 3 nitrogen and oxygen atoms in total. The lowest BCUT2D eigenvalue weighted by molar-refractivity contribution is -0.129. The predicted molar refractivity (Wildman–Crippen MR) is 81.0 cm³/mol. The third-order valence-electron chi connectivity index (χ3n) is 2.88. The van der Waals surface area contributed by atoms with E-state index in [1.54, 1.807) is 0 Å². The zero-order valence-corrected chi connectivity index (χ0v) is 12.7. The van der Waals surface area contributed by atoms with E-state index < -0.39 is 5.41 Å². The van der Waals surface area contributed by atoms with Crippen molar-refractivity contribution in [3.63, 3.8) is 0 Å². The molecule has 3 heteroatoms. The summed E-state index contributed by atoms with van der Waals surface area (Å²) in [6, 6.07) is 7.74. The fourth-order valence-electron chi connectivity index (χ4n) is 1.60. The highest BCUT2D eigenvalue weighted by Gasteiger charge is 2.22. The molecule has 2 N–H and O–H groups in total. The Hall–Kier alpha value is -1.79. The second-order valence-corrected chi connectivity index (χ2v) is 5.85. The molecule has 1 aromatic carbocycles. The molecule has 0 spiro atoms. The SMILES string of the molecule is CC(NC(=O)C(C)(C)C)c1cccc(C#CCCO)c1. The van der Waals surface area contributed by atoms with Crippen LogP contribution in [0.4, 0.5) is 0 Å². The van der Waals surface area contributed by atoms with E-state index in [-0.39, 0.29) is 18.6 Å². The molecule has 0 fully saturated rings. The van der Waals surface area contributed by atoms with Gasteiger partial charge in [0, 0.05) is 17.4 Å². The Balaban J connectivity index is 2.79. The Kier molecular flexibility index (Phi) is 5.79. The third-order valence-corrected chi connectivity index (χ3v) is 2.88. The van der Waals surface area contributed by atoms with Crippen LogP contribution in [0.5, 0.6) is 0 Å². The summed E-state index contributed by atoms with van der Waals surface area (Å²) in [6.07, 6.45) is 0.473. The van der Waals surface area contributed by atoms with Crippen molar-refractivity contribution in [2.75, 3.05) is 6.61 Å². The molecule has 0 bridgehead atoms. The highest BCUT2D eigenvalue weighted by atomic mass is 16.2. The van der Waals surface area contributed by atoms with Crippen molar-refractivity contribution in [2.24, 2.45) is 5.41 Å². The van der Waals surface area contributed by atoms with Crippen LogP contribution in [0.1, 0.15) is 51.3 Å². The van der Waals surface area contributed by atoms with E-state index in [9.17, 15) is 4.79 Å². The van der Waals surface area contributed by atoms with Crippen molar-refractivity contribution in [2.45, 2.75) is 40.2 Å². The first-order valence-electron chi connectivity index (χ1n) is 6.85. The van der Waals surface area contributed by atoms with E-state index in [2.05, 4.69) is 17.2 Å². The fourth-order valence-corrected chi connectivity index (χ4v) is 1.60. The van der Waals surface area contributed by atoms with Crippen LogP contribution in [0.2, 0.25) is 0 Å². The lowest BCUT2D eigenvalue weighted by atomic mass is 9.94. The number of hydrogen-bond acceptors (Lipinski definition) is 2. The third kappa shape index (κ3) is 5.07. The topological polar surface area (TPSA) is 49.3 Å². The first-order chi connectivity index (χ1) is 9.34. The number of aliphatic hydroxyl groups is 1. The second kappa shape index (κ2) is 7.12. The van der Waals surface area contributed by atoms with Gasteiger partial charge in [-0.25, -0.2) is 0 Å². The molecule has 0 saturated heterocycles. The van der Waals surface area contributed by atoms with Crippen LogP contribution >= 0.6 is 0 Å². The monoisotopic (exact) mass is 273 g/mol. The van der Waals surface area contributed by atoms with Gasteiger partial charge in [-0.2, -0.15) is 0 Å². The molecule has 0 aliphatic rings. The lowest BCUT2D eigenvalue weighted by Gasteiger charge is -2.22. The highest BCUT2D eigenvalue weighted by Crippen LogP contribution is 2.18. The van der Waals surface area contributed by atoms with Crippen LogP contribution in [0.3, 0.4) is 0 Å². The molecule has 1 atom stereocenters. The van der Waals surface area contributed by atoms with Gasteiger partial charge in [0.15, 0.2) is 0 Å². The van der Waals surface area contributed by atoms with Gasteiger partial charge in [0.05, 0.1) is 12.6 Å². The van der Waals surface area contributed by atoms with E-state index in [0.29, 0.717) is 6.42 Å². The number of carbonyl (C=O) groups is 1. The molecule has 0 saturated carbocycles. The Morgan fingerprint density at radius 1 is 1.40 bits per heavy atom. The number of nitrogens with one attached hydrogen (secondary N) is 1. The number of benzene rings is 1. The average Bonchev–Trinajstić information content (AvgIpc) is 2.38. The summed E-state index contributed by atoms with van der Waals surface area (Å²) in [4.78, 5) is 12.0. The zero-order valence-electron chi connectivity index (χ0n) is 12.7. The second-order valence-electron chi connectivity index (χ2n) is 5.85. The molecule has 1 aromatic rings. The molecule has 108 valence electrons. The van der Waals surface area contributed by atoms with Crippen molar-refractivity contribution in [1.29, 1.82) is 0 Å². The van der Waals surface area contributed by atoms with Gasteiger partial charge in [-0.15, -0.1) is 0 Å². The zero-order chi connectivity index (χ0) is 15.2. The Morgan fingerprint density at radius 3 is 2.70 bits per heavy atom. The van der Waals surface area contributed by atoms with E-state index in [4.69, 9.17) is 5.11 Å². The number of carbonyl (C=O) groups excluding carboxylic acids is 1. The number of amides is 1. The quantitative estimate of drug-likeness (QED) is 0.832. The number of hydrogen-bond donors (Lipinski definition) is 2. The summed E-state index contributed by atoms with van der Waals surface area (Å²) in [5.41, 5.74) is 1.53. The first-order valence-corrected chi connectivity index (χ1v) is 6.85. The molecule has 0 aliphatic heterocycles. The van der Waals surface area contributed by atoms with Crippen LogP contribution in [0.15, 0.2) is 24.3 Å². The van der Waals surface area contributed by atoms with Crippen molar-refractivity contribution < 1.29 is 9.90 Å². The van der Waals surface area contributed by atoms with E-state index in [1.165, 1.54) is 0 Å². The summed E-state index contributed by atoms with van der Waals surface area (Å²) in [5.74, 6) is 5.93. The molecule has 0 heterocycles. The number of aliphatic hydroxyl groups excluding tert-OH is 1. The predicted octanol–water partition coefficient (Wildman–Crippen LogP) is 2.64. The molecular weight excluding hydrogens is 250 g/mol. The maximum Gasteiger partial charge on any atom is 0.225 e. The van der Waals surface area contributed by atoms with Crippen molar-refractivity contribution >= 4 is 5.91 Å². The highest BCUT2D eigenvalue weighted by molar-refractivity contribution is 5.81. The molecule has 1 amide bonds. The molecule has 20 heavy (non-hydrogen) atoms. The molecule has 0 aromatic heterocycles. The lowest BCUT2D eigenvalue weighted by Crippen LogP contribution is -2.36. The van der Waals surface area contributed by atoms with Crippen molar-refractivity contribution in [1.82, 2.24) is 5.32 Å².